The topological polar surface area (TPSA) is 140 Å². The molecule has 0 amide bonds. The van der Waals surface area contributed by atoms with Crippen molar-refractivity contribution in [2.24, 2.45) is 5.92 Å². The van der Waals surface area contributed by atoms with Crippen molar-refractivity contribution in [3.8, 4) is 0 Å². The standard InChI is InChI=1S/C14H20N6O3S/c1-4-9-16-13(19-18-9)24-6-8(21)10-11(15)20(5-7(2)3)14(23)17-12(10)22/h7H,4-6,15H2,1-3H3,(H,16,18,19)(H,17,22,23). The first-order valence-electron chi connectivity index (χ1n) is 7.53. The lowest BCUT2D eigenvalue weighted by Crippen LogP contribution is -2.37. The zero-order chi connectivity index (χ0) is 17.9. The second kappa shape index (κ2) is 7.47. The van der Waals surface area contributed by atoms with E-state index in [1.165, 1.54) is 4.57 Å². The number of ketones is 1. The molecule has 4 N–H and O–H groups in total. The third kappa shape index (κ3) is 3.94. The number of H-pyrrole nitrogens is 2. The van der Waals surface area contributed by atoms with Gasteiger partial charge in [-0.3, -0.25) is 24.2 Å². The molecule has 10 heteroatoms. The molecule has 130 valence electrons. The fourth-order valence-corrected chi connectivity index (χ4v) is 2.80. The molecule has 0 radical (unpaired) electrons. The average Bonchev–Trinajstić information content (AvgIpc) is 2.97. The van der Waals surface area contributed by atoms with E-state index >= 15 is 0 Å². The smallest absolute Gasteiger partial charge is 0.329 e. The van der Waals surface area contributed by atoms with Crippen molar-refractivity contribution in [2.45, 2.75) is 38.9 Å². The summed E-state index contributed by atoms with van der Waals surface area (Å²) in [5.74, 6) is 0.224. The van der Waals surface area contributed by atoms with Crippen LogP contribution in [0.15, 0.2) is 14.7 Å². The van der Waals surface area contributed by atoms with Gasteiger partial charge in [0, 0.05) is 13.0 Å². The van der Waals surface area contributed by atoms with Crippen molar-refractivity contribution in [1.29, 1.82) is 0 Å². The van der Waals surface area contributed by atoms with Crippen LogP contribution in [0, 0.1) is 5.92 Å². The van der Waals surface area contributed by atoms with Gasteiger partial charge in [0.15, 0.2) is 5.78 Å². The molecule has 0 aliphatic rings. The first-order chi connectivity index (χ1) is 11.3. The van der Waals surface area contributed by atoms with Crippen LogP contribution in [0.5, 0.6) is 0 Å². The molecular formula is C14H20N6O3S. The monoisotopic (exact) mass is 352 g/mol. The van der Waals surface area contributed by atoms with Crippen LogP contribution in [0.3, 0.4) is 0 Å². The lowest BCUT2D eigenvalue weighted by molar-refractivity contribution is 0.102. The second-order valence-electron chi connectivity index (χ2n) is 5.65. The second-order valence-corrected chi connectivity index (χ2v) is 6.60. The number of Topliss-reactive ketones (excluding diaryl/α,β-unsaturated/α-hetero) is 1. The third-order valence-electron chi connectivity index (χ3n) is 3.24. The number of thioether (sulfide) groups is 1. The summed E-state index contributed by atoms with van der Waals surface area (Å²) < 4.78 is 1.21. The molecule has 0 aromatic carbocycles. The Hall–Kier alpha value is -2.36. The summed E-state index contributed by atoms with van der Waals surface area (Å²) in [5, 5.41) is 7.14. The molecule has 9 nitrogen and oxygen atoms in total. The lowest BCUT2D eigenvalue weighted by Gasteiger charge is -2.13. The van der Waals surface area contributed by atoms with Crippen molar-refractivity contribution >= 4 is 23.4 Å². The summed E-state index contributed by atoms with van der Waals surface area (Å²) in [6.07, 6.45) is 0.703. The Balaban J connectivity index is 2.25. The lowest BCUT2D eigenvalue weighted by atomic mass is 10.2. The molecule has 0 bridgehead atoms. The highest BCUT2D eigenvalue weighted by molar-refractivity contribution is 7.99. The van der Waals surface area contributed by atoms with Crippen LogP contribution in [-0.2, 0) is 13.0 Å². The van der Waals surface area contributed by atoms with Crippen molar-refractivity contribution in [1.82, 2.24) is 24.7 Å². The highest BCUT2D eigenvalue weighted by Gasteiger charge is 2.20. The fourth-order valence-electron chi connectivity index (χ4n) is 2.11. The molecule has 2 aromatic rings. The van der Waals surface area contributed by atoms with Crippen LogP contribution >= 0.6 is 11.8 Å². The highest BCUT2D eigenvalue weighted by Crippen LogP contribution is 2.16. The van der Waals surface area contributed by atoms with Gasteiger partial charge < -0.3 is 5.73 Å². The van der Waals surface area contributed by atoms with Gasteiger partial charge >= 0.3 is 5.69 Å². The van der Waals surface area contributed by atoms with Gasteiger partial charge in [0.05, 0.1) is 5.75 Å². The normalized spacial score (nSPS) is 11.2. The first-order valence-corrected chi connectivity index (χ1v) is 8.51. The number of hydrogen-bond acceptors (Lipinski definition) is 7. The molecule has 2 rings (SSSR count). The maximum Gasteiger partial charge on any atom is 0.329 e. The van der Waals surface area contributed by atoms with E-state index in [4.69, 9.17) is 5.73 Å². The minimum absolute atomic E-state index is 0.0475. The van der Waals surface area contributed by atoms with Gasteiger partial charge in [-0.2, -0.15) is 0 Å². The van der Waals surface area contributed by atoms with Gasteiger partial charge in [-0.15, -0.1) is 5.10 Å². The molecule has 0 saturated carbocycles. The Bertz CT molecular complexity index is 851. The number of nitrogens with two attached hydrogens (primary N) is 1. The summed E-state index contributed by atoms with van der Waals surface area (Å²) in [4.78, 5) is 42.6. The number of carbonyl (C=O) groups excluding carboxylic acids is 1. The maximum atomic E-state index is 12.4. The van der Waals surface area contributed by atoms with Crippen molar-refractivity contribution < 1.29 is 4.79 Å². The Morgan fingerprint density at radius 3 is 2.67 bits per heavy atom. The van der Waals surface area contributed by atoms with Gasteiger partial charge in [-0.25, -0.2) is 9.78 Å². The van der Waals surface area contributed by atoms with E-state index in [2.05, 4.69) is 20.2 Å². The van der Waals surface area contributed by atoms with Gasteiger partial charge in [0.25, 0.3) is 5.56 Å². The van der Waals surface area contributed by atoms with E-state index in [0.717, 1.165) is 11.8 Å². The van der Waals surface area contributed by atoms with Crippen LogP contribution in [0.4, 0.5) is 5.82 Å². The van der Waals surface area contributed by atoms with Crippen LogP contribution in [0.25, 0.3) is 0 Å². The molecule has 0 fully saturated rings. The molecule has 0 atom stereocenters. The van der Waals surface area contributed by atoms with Crippen LogP contribution in [0.2, 0.25) is 0 Å². The largest absolute Gasteiger partial charge is 0.384 e. The van der Waals surface area contributed by atoms with Crippen molar-refractivity contribution in [3.05, 3.63) is 32.2 Å². The van der Waals surface area contributed by atoms with Gasteiger partial charge in [-0.1, -0.05) is 32.5 Å². The van der Waals surface area contributed by atoms with Crippen molar-refractivity contribution in [3.63, 3.8) is 0 Å². The van der Waals surface area contributed by atoms with Crippen molar-refractivity contribution in [2.75, 3.05) is 11.5 Å². The minimum atomic E-state index is -0.771. The van der Waals surface area contributed by atoms with E-state index in [0.29, 0.717) is 23.9 Å². The number of hydrogen-bond donors (Lipinski definition) is 3. The summed E-state index contributed by atoms with van der Waals surface area (Å²) in [5.41, 5.74) is 4.32. The quantitative estimate of drug-likeness (QED) is 0.485. The maximum absolute atomic E-state index is 12.4. The van der Waals surface area contributed by atoms with E-state index in [9.17, 15) is 14.4 Å². The first kappa shape index (κ1) is 18.0. The molecule has 0 spiro atoms. The zero-order valence-electron chi connectivity index (χ0n) is 13.8. The third-order valence-corrected chi connectivity index (χ3v) is 4.09. The summed E-state index contributed by atoms with van der Waals surface area (Å²) in [6, 6.07) is 0. The number of aromatic nitrogens is 5. The predicted molar refractivity (Wildman–Crippen MR) is 91.4 cm³/mol. The number of nitrogen functional groups attached to an aromatic ring is 1. The number of rotatable bonds is 7. The van der Waals surface area contributed by atoms with E-state index in [1.807, 2.05) is 20.8 Å². The Kier molecular flexibility index (Phi) is 5.60. The van der Waals surface area contributed by atoms with Crippen LogP contribution < -0.4 is 17.0 Å². The number of nitrogens with zero attached hydrogens (tertiary/aromatic N) is 3. The van der Waals surface area contributed by atoms with E-state index in [-0.39, 0.29) is 23.1 Å². The number of anilines is 1. The highest BCUT2D eigenvalue weighted by atomic mass is 32.2. The minimum Gasteiger partial charge on any atom is -0.384 e. The predicted octanol–water partition coefficient (Wildman–Crippen LogP) is 0.430. The molecule has 2 aromatic heterocycles. The van der Waals surface area contributed by atoms with E-state index in [1.54, 1.807) is 0 Å². The van der Waals surface area contributed by atoms with Crippen LogP contribution in [0.1, 0.15) is 37.0 Å². The van der Waals surface area contributed by atoms with Gasteiger partial charge in [0.2, 0.25) is 5.16 Å². The molecule has 0 aliphatic carbocycles. The summed E-state index contributed by atoms with van der Waals surface area (Å²) >= 11 is 1.10. The Labute approximate surface area is 142 Å². The summed E-state index contributed by atoms with van der Waals surface area (Å²) in [7, 11) is 0. The average molecular weight is 352 g/mol. The van der Waals surface area contributed by atoms with Gasteiger partial charge in [-0.05, 0) is 5.92 Å². The molecular weight excluding hydrogens is 332 g/mol. The number of aryl methyl sites for hydroxylation is 1. The number of nitrogens with one attached hydrogen (secondary N) is 2. The molecule has 24 heavy (non-hydrogen) atoms. The van der Waals surface area contributed by atoms with E-state index < -0.39 is 17.0 Å². The molecule has 0 aliphatic heterocycles. The Morgan fingerprint density at radius 2 is 2.08 bits per heavy atom. The molecule has 0 saturated heterocycles. The molecule has 0 unspecified atom stereocenters. The fraction of sp³-hybridized carbons (Fsp3) is 0.500. The van der Waals surface area contributed by atoms with Crippen LogP contribution in [-0.4, -0.2) is 36.3 Å². The zero-order valence-corrected chi connectivity index (χ0v) is 14.6. The molecule has 2 heterocycles. The number of aromatic amines is 2. The SMILES string of the molecule is CCc1nc(SCC(=O)c2c(N)n(CC(C)C)c(=O)[nH]c2=O)n[nH]1. The number of carbonyl (C=O) groups is 1. The summed E-state index contributed by atoms with van der Waals surface area (Å²) in [6.45, 7) is 6.06. The van der Waals surface area contributed by atoms with Gasteiger partial charge in [0.1, 0.15) is 17.2 Å². The Morgan fingerprint density at radius 1 is 1.38 bits per heavy atom.